The molecule has 0 aromatic carbocycles. The van der Waals surface area contributed by atoms with E-state index in [-0.39, 0.29) is 0 Å². The maximum atomic E-state index is 5.19. The lowest BCUT2D eigenvalue weighted by Crippen LogP contribution is -1.92. The standard InChI is InChI=1S/C8H11NO2/c1-3-11-7-4-5-8(10-2)9-6-7/h4-6H,3H2,1-2H3. The summed E-state index contributed by atoms with van der Waals surface area (Å²) in [5.74, 6) is 1.38. The summed E-state index contributed by atoms with van der Waals surface area (Å²) < 4.78 is 10.1. The Kier molecular flexibility index (Phi) is 2.72. The fraction of sp³-hybridized carbons (Fsp3) is 0.375. The highest BCUT2D eigenvalue weighted by molar-refractivity contribution is 5.22. The SMILES string of the molecule is CCOc1ccc(OC)nc1. The zero-order valence-electron chi connectivity index (χ0n) is 6.70. The van der Waals surface area contributed by atoms with Crippen molar-refractivity contribution in [3.05, 3.63) is 18.3 Å². The molecule has 1 heterocycles. The first-order chi connectivity index (χ1) is 5.36. The molecule has 0 aliphatic heterocycles. The fourth-order valence-electron chi connectivity index (χ4n) is 0.740. The van der Waals surface area contributed by atoms with Crippen molar-refractivity contribution < 1.29 is 9.47 Å². The predicted molar refractivity (Wildman–Crippen MR) is 42.0 cm³/mol. The first kappa shape index (κ1) is 7.85. The Morgan fingerprint density at radius 2 is 2.27 bits per heavy atom. The number of ether oxygens (including phenoxy) is 2. The van der Waals surface area contributed by atoms with Crippen LogP contribution in [0, 0.1) is 0 Å². The highest BCUT2D eigenvalue weighted by Crippen LogP contribution is 2.12. The van der Waals surface area contributed by atoms with Crippen LogP contribution in [0.25, 0.3) is 0 Å². The lowest BCUT2D eigenvalue weighted by molar-refractivity contribution is 0.335. The summed E-state index contributed by atoms with van der Waals surface area (Å²) in [5, 5.41) is 0. The lowest BCUT2D eigenvalue weighted by atomic mass is 10.4. The molecule has 0 aliphatic carbocycles. The van der Waals surface area contributed by atoms with Gasteiger partial charge in [-0.15, -0.1) is 0 Å². The number of aromatic nitrogens is 1. The van der Waals surface area contributed by atoms with Crippen LogP contribution >= 0.6 is 0 Å². The minimum atomic E-state index is 0.605. The summed E-state index contributed by atoms with van der Waals surface area (Å²) in [5.41, 5.74) is 0. The van der Waals surface area contributed by atoms with Gasteiger partial charge in [-0.2, -0.15) is 0 Å². The Morgan fingerprint density at radius 3 is 2.73 bits per heavy atom. The topological polar surface area (TPSA) is 31.4 Å². The zero-order valence-corrected chi connectivity index (χ0v) is 6.70. The number of pyridine rings is 1. The maximum Gasteiger partial charge on any atom is 0.213 e. The van der Waals surface area contributed by atoms with E-state index in [2.05, 4.69) is 4.98 Å². The van der Waals surface area contributed by atoms with Crippen LogP contribution in [0.15, 0.2) is 18.3 Å². The molecule has 0 unspecified atom stereocenters. The van der Waals surface area contributed by atoms with Crippen molar-refractivity contribution in [2.45, 2.75) is 6.92 Å². The summed E-state index contributed by atoms with van der Waals surface area (Å²) in [6.45, 7) is 2.60. The van der Waals surface area contributed by atoms with Crippen molar-refractivity contribution in [1.29, 1.82) is 0 Å². The normalized spacial score (nSPS) is 9.27. The maximum absolute atomic E-state index is 5.19. The Labute approximate surface area is 66.0 Å². The van der Waals surface area contributed by atoms with Crippen LogP contribution in [0.4, 0.5) is 0 Å². The summed E-state index contributed by atoms with van der Waals surface area (Å²) in [4.78, 5) is 3.97. The second-order valence-corrected chi connectivity index (χ2v) is 1.97. The van der Waals surface area contributed by atoms with Gasteiger partial charge in [-0.3, -0.25) is 0 Å². The smallest absolute Gasteiger partial charge is 0.213 e. The van der Waals surface area contributed by atoms with Gasteiger partial charge in [0.05, 0.1) is 19.9 Å². The van der Waals surface area contributed by atoms with Gasteiger partial charge in [0, 0.05) is 6.07 Å². The third kappa shape index (κ3) is 2.11. The highest BCUT2D eigenvalue weighted by Gasteiger charge is 1.93. The molecule has 3 nitrogen and oxygen atoms in total. The van der Waals surface area contributed by atoms with E-state index in [1.54, 1.807) is 19.4 Å². The fourth-order valence-corrected chi connectivity index (χ4v) is 0.740. The highest BCUT2D eigenvalue weighted by atomic mass is 16.5. The van der Waals surface area contributed by atoms with Gasteiger partial charge in [0.1, 0.15) is 5.75 Å². The van der Waals surface area contributed by atoms with E-state index in [4.69, 9.17) is 9.47 Å². The minimum absolute atomic E-state index is 0.605. The molecule has 0 bridgehead atoms. The van der Waals surface area contributed by atoms with E-state index in [1.807, 2.05) is 13.0 Å². The second-order valence-electron chi connectivity index (χ2n) is 1.97. The molecule has 60 valence electrons. The van der Waals surface area contributed by atoms with E-state index >= 15 is 0 Å². The Bertz CT molecular complexity index is 208. The van der Waals surface area contributed by atoms with E-state index in [0.717, 1.165) is 5.75 Å². The summed E-state index contributed by atoms with van der Waals surface area (Å²) in [7, 11) is 1.59. The Hall–Kier alpha value is -1.25. The van der Waals surface area contributed by atoms with Gasteiger partial charge in [-0.05, 0) is 13.0 Å². The average molecular weight is 153 g/mol. The molecule has 1 aromatic rings. The molecule has 0 N–H and O–H groups in total. The van der Waals surface area contributed by atoms with Crippen molar-refractivity contribution in [1.82, 2.24) is 4.98 Å². The molecule has 0 spiro atoms. The molecule has 0 fully saturated rings. The van der Waals surface area contributed by atoms with Gasteiger partial charge >= 0.3 is 0 Å². The van der Waals surface area contributed by atoms with E-state index in [9.17, 15) is 0 Å². The first-order valence-electron chi connectivity index (χ1n) is 3.49. The third-order valence-electron chi connectivity index (χ3n) is 1.23. The third-order valence-corrected chi connectivity index (χ3v) is 1.23. The monoisotopic (exact) mass is 153 g/mol. The van der Waals surface area contributed by atoms with Crippen molar-refractivity contribution in [3.8, 4) is 11.6 Å². The molecule has 0 aliphatic rings. The Morgan fingerprint density at radius 1 is 1.45 bits per heavy atom. The van der Waals surface area contributed by atoms with Crippen molar-refractivity contribution in [2.75, 3.05) is 13.7 Å². The van der Waals surface area contributed by atoms with Crippen LogP contribution in [-0.2, 0) is 0 Å². The number of nitrogens with zero attached hydrogens (tertiary/aromatic N) is 1. The molecule has 0 saturated carbocycles. The van der Waals surface area contributed by atoms with Crippen LogP contribution in [0.3, 0.4) is 0 Å². The lowest BCUT2D eigenvalue weighted by Gasteiger charge is -2.02. The van der Waals surface area contributed by atoms with Crippen molar-refractivity contribution in [2.24, 2.45) is 0 Å². The number of rotatable bonds is 3. The van der Waals surface area contributed by atoms with Gasteiger partial charge in [0.15, 0.2) is 0 Å². The van der Waals surface area contributed by atoms with Crippen molar-refractivity contribution >= 4 is 0 Å². The zero-order chi connectivity index (χ0) is 8.10. The van der Waals surface area contributed by atoms with Crippen LogP contribution in [0.1, 0.15) is 6.92 Å². The van der Waals surface area contributed by atoms with Crippen LogP contribution < -0.4 is 9.47 Å². The molecule has 3 heteroatoms. The summed E-state index contributed by atoms with van der Waals surface area (Å²) in [6, 6.07) is 3.60. The Balaban J connectivity index is 2.66. The predicted octanol–water partition coefficient (Wildman–Crippen LogP) is 1.49. The van der Waals surface area contributed by atoms with E-state index in [1.165, 1.54) is 0 Å². The van der Waals surface area contributed by atoms with Crippen LogP contribution in [0.2, 0.25) is 0 Å². The van der Waals surface area contributed by atoms with Crippen molar-refractivity contribution in [3.63, 3.8) is 0 Å². The minimum Gasteiger partial charge on any atom is -0.492 e. The first-order valence-corrected chi connectivity index (χ1v) is 3.49. The second kappa shape index (κ2) is 3.81. The molecule has 0 saturated heterocycles. The quantitative estimate of drug-likeness (QED) is 0.659. The molecule has 0 amide bonds. The van der Waals surface area contributed by atoms with Crippen LogP contribution in [0.5, 0.6) is 11.6 Å². The van der Waals surface area contributed by atoms with E-state index < -0.39 is 0 Å². The molecule has 0 radical (unpaired) electrons. The molecule has 1 aromatic heterocycles. The van der Waals surface area contributed by atoms with Gasteiger partial charge < -0.3 is 9.47 Å². The largest absolute Gasteiger partial charge is 0.492 e. The summed E-state index contributed by atoms with van der Waals surface area (Å²) in [6.07, 6.45) is 1.64. The van der Waals surface area contributed by atoms with E-state index in [0.29, 0.717) is 12.5 Å². The number of hydrogen-bond donors (Lipinski definition) is 0. The van der Waals surface area contributed by atoms with Crippen LogP contribution in [-0.4, -0.2) is 18.7 Å². The van der Waals surface area contributed by atoms with Gasteiger partial charge in [-0.25, -0.2) is 4.98 Å². The molecule has 11 heavy (non-hydrogen) atoms. The van der Waals surface area contributed by atoms with Gasteiger partial charge in [-0.1, -0.05) is 0 Å². The molecule has 0 atom stereocenters. The molecular formula is C8H11NO2. The summed E-state index contributed by atoms with van der Waals surface area (Å²) >= 11 is 0. The number of methoxy groups -OCH3 is 1. The number of hydrogen-bond acceptors (Lipinski definition) is 3. The average Bonchev–Trinajstić information content (AvgIpc) is 2.07. The van der Waals surface area contributed by atoms with Gasteiger partial charge in [0.2, 0.25) is 5.88 Å². The van der Waals surface area contributed by atoms with Gasteiger partial charge in [0.25, 0.3) is 0 Å². The molecule has 1 rings (SSSR count). The molecular weight excluding hydrogens is 142 g/mol.